The molecule has 1 amide bonds. The number of aromatic nitrogens is 2. The zero-order chi connectivity index (χ0) is 18.0. The van der Waals surface area contributed by atoms with Crippen LogP contribution in [-0.4, -0.2) is 33.9 Å². The number of aryl methyl sites for hydroxylation is 2. The van der Waals surface area contributed by atoms with Crippen LogP contribution in [0.5, 0.6) is 5.75 Å². The highest BCUT2D eigenvalue weighted by Crippen LogP contribution is 2.38. The van der Waals surface area contributed by atoms with Crippen LogP contribution in [0.15, 0.2) is 18.5 Å². The van der Waals surface area contributed by atoms with Gasteiger partial charge < -0.3 is 9.64 Å². The van der Waals surface area contributed by atoms with E-state index in [1.165, 1.54) is 10.6 Å². The van der Waals surface area contributed by atoms with Gasteiger partial charge in [0.05, 0.1) is 39.5 Å². The summed E-state index contributed by atoms with van der Waals surface area (Å²) in [7, 11) is 1.88. The predicted molar refractivity (Wildman–Crippen MR) is 99.3 cm³/mol. The number of carbonyl (C=O) groups is 1. The average Bonchev–Trinajstić information content (AvgIpc) is 3.03. The van der Waals surface area contributed by atoms with E-state index < -0.39 is 0 Å². The minimum atomic E-state index is -0.0222. The number of thiazole rings is 1. The molecule has 0 aromatic carbocycles. The van der Waals surface area contributed by atoms with Crippen LogP contribution in [0.3, 0.4) is 0 Å². The summed E-state index contributed by atoms with van der Waals surface area (Å²) in [4.78, 5) is 25.0. The molecule has 1 unspecified atom stereocenters. The van der Waals surface area contributed by atoms with Gasteiger partial charge in [0.25, 0.3) is 5.91 Å². The van der Waals surface area contributed by atoms with Crippen molar-refractivity contribution in [1.82, 2.24) is 14.9 Å². The van der Waals surface area contributed by atoms with Gasteiger partial charge in [-0.25, -0.2) is 4.98 Å². The van der Waals surface area contributed by atoms with E-state index in [1.807, 2.05) is 25.8 Å². The number of amides is 1. The molecule has 2 aromatic rings. The molecular weight excluding hydrogens is 334 g/mol. The second-order valence-corrected chi connectivity index (χ2v) is 7.79. The van der Waals surface area contributed by atoms with Crippen LogP contribution in [-0.2, 0) is 12.8 Å². The maximum absolute atomic E-state index is 13.0. The minimum Gasteiger partial charge on any atom is -0.489 e. The smallest absolute Gasteiger partial charge is 0.255 e. The Labute approximate surface area is 153 Å². The fraction of sp³-hybridized carbons (Fsp3) is 0.526. The summed E-state index contributed by atoms with van der Waals surface area (Å²) in [5.41, 5.74) is 1.74. The number of ether oxygens (including phenoxy) is 1. The third-order valence-corrected chi connectivity index (χ3v) is 5.73. The summed E-state index contributed by atoms with van der Waals surface area (Å²) in [5.74, 6) is 0.607. The summed E-state index contributed by atoms with van der Waals surface area (Å²) < 4.78 is 5.66. The zero-order valence-corrected chi connectivity index (χ0v) is 16.1. The molecule has 2 aromatic heterocycles. The summed E-state index contributed by atoms with van der Waals surface area (Å²) in [6, 6.07) is 1.88. The lowest BCUT2D eigenvalue weighted by Crippen LogP contribution is -2.32. The maximum Gasteiger partial charge on any atom is 0.255 e. The van der Waals surface area contributed by atoms with Gasteiger partial charge in [0.2, 0.25) is 0 Å². The SMILES string of the molecule is CCc1nc2c(s1)C(N(C)C(=O)c1cncc(OC(C)C)c1)CCC2. The molecule has 0 fully saturated rings. The topological polar surface area (TPSA) is 55.3 Å². The van der Waals surface area contributed by atoms with Gasteiger partial charge in [0.15, 0.2) is 0 Å². The van der Waals surface area contributed by atoms with Crippen molar-refractivity contribution in [1.29, 1.82) is 0 Å². The third-order valence-electron chi connectivity index (χ3n) is 4.39. The molecule has 0 spiro atoms. The number of rotatable bonds is 5. The van der Waals surface area contributed by atoms with Crippen molar-refractivity contribution in [3.8, 4) is 5.75 Å². The zero-order valence-electron chi connectivity index (χ0n) is 15.3. The van der Waals surface area contributed by atoms with E-state index in [1.54, 1.807) is 29.8 Å². The normalized spacial score (nSPS) is 16.6. The third kappa shape index (κ3) is 3.84. The van der Waals surface area contributed by atoms with Gasteiger partial charge in [-0.05, 0) is 45.6 Å². The predicted octanol–water partition coefficient (Wildman–Crippen LogP) is 4.04. The summed E-state index contributed by atoms with van der Waals surface area (Å²) >= 11 is 1.75. The van der Waals surface area contributed by atoms with E-state index in [0.29, 0.717) is 11.3 Å². The Balaban J connectivity index is 1.83. The van der Waals surface area contributed by atoms with E-state index >= 15 is 0 Å². The van der Waals surface area contributed by atoms with Gasteiger partial charge in [0.1, 0.15) is 5.75 Å². The molecule has 0 N–H and O–H groups in total. The van der Waals surface area contributed by atoms with Crippen molar-refractivity contribution >= 4 is 17.2 Å². The highest BCUT2D eigenvalue weighted by Gasteiger charge is 2.30. The first kappa shape index (κ1) is 17.9. The van der Waals surface area contributed by atoms with Crippen molar-refractivity contribution in [3.63, 3.8) is 0 Å². The maximum atomic E-state index is 13.0. The molecule has 1 atom stereocenters. The van der Waals surface area contributed by atoms with Crippen LogP contribution in [0.2, 0.25) is 0 Å². The number of carbonyl (C=O) groups excluding carboxylic acids is 1. The monoisotopic (exact) mass is 359 g/mol. The average molecular weight is 359 g/mol. The van der Waals surface area contributed by atoms with Gasteiger partial charge in [-0.3, -0.25) is 9.78 Å². The van der Waals surface area contributed by atoms with E-state index in [9.17, 15) is 4.79 Å². The van der Waals surface area contributed by atoms with Gasteiger partial charge in [-0.15, -0.1) is 11.3 Å². The molecule has 2 heterocycles. The van der Waals surface area contributed by atoms with Crippen molar-refractivity contribution in [2.24, 2.45) is 0 Å². The molecule has 3 rings (SSSR count). The Kier molecular flexibility index (Phi) is 5.37. The first-order chi connectivity index (χ1) is 12.0. The van der Waals surface area contributed by atoms with Crippen LogP contribution in [0.1, 0.15) is 65.6 Å². The molecule has 6 heteroatoms. The Hall–Kier alpha value is -1.95. The van der Waals surface area contributed by atoms with Gasteiger partial charge in [-0.2, -0.15) is 0 Å². The Morgan fingerprint density at radius 1 is 1.44 bits per heavy atom. The lowest BCUT2D eigenvalue weighted by Gasteiger charge is -2.30. The molecule has 0 aliphatic heterocycles. The molecule has 0 radical (unpaired) electrons. The van der Waals surface area contributed by atoms with Crippen LogP contribution in [0.4, 0.5) is 0 Å². The lowest BCUT2D eigenvalue weighted by atomic mass is 9.96. The fourth-order valence-corrected chi connectivity index (χ4v) is 4.42. The number of hydrogen-bond acceptors (Lipinski definition) is 5. The molecular formula is C19H25N3O2S. The summed E-state index contributed by atoms with van der Waals surface area (Å²) in [6.45, 7) is 6.04. The number of nitrogens with zero attached hydrogens (tertiary/aromatic N) is 3. The second kappa shape index (κ2) is 7.52. The van der Waals surface area contributed by atoms with Crippen molar-refractivity contribution in [2.75, 3.05) is 7.05 Å². The van der Waals surface area contributed by atoms with Gasteiger partial charge in [0, 0.05) is 13.2 Å². The fourth-order valence-electron chi connectivity index (χ4n) is 3.19. The Morgan fingerprint density at radius 3 is 2.96 bits per heavy atom. The molecule has 1 aliphatic rings. The van der Waals surface area contributed by atoms with Crippen LogP contribution < -0.4 is 4.74 Å². The van der Waals surface area contributed by atoms with E-state index in [4.69, 9.17) is 9.72 Å². The minimum absolute atomic E-state index is 0.0222. The quantitative estimate of drug-likeness (QED) is 0.808. The van der Waals surface area contributed by atoms with Gasteiger partial charge >= 0.3 is 0 Å². The molecule has 1 aliphatic carbocycles. The summed E-state index contributed by atoms with van der Waals surface area (Å²) in [6.07, 6.45) is 7.32. The molecule has 25 heavy (non-hydrogen) atoms. The largest absolute Gasteiger partial charge is 0.489 e. The summed E-state index contributed by atoms with van der Waals surface area (Å²) in [5, 5.41) is 1.16. The molecule has 0 saturated heterocycles. The van der Waals surface area contributed by atoms with Crippen LogP contribution in [0, 0.1) is 0 Å². The molecule has 134 valence electrons. The van der Waals surface area contributed by atoms with Crippen molar-refractivity contribution < 1.29 is 9.53 Å². The van der Waals surface area contributed by atoms with Gasteiger partial charge in [-0.1, -0.05) is 6.92 Å². The van der Waals surface area contributed by atoms with E-state index in [0.717, 1.165) is 30.7 Å². The van der Waals surface area contributed by atoms with E-state index in [-0.39, 0.29) is 18.1 Å². The number of hydrogen-bond donors (Lipinski definition) is 0. The Bertz CT molecular complexity index is 757. The first-order valence-electron chi connectivity index (χ1n) is 8.87. The van der Waals surface area contributed by atoms with E-state index in [2.05, 4.69) is 11.9 Å². The standard InChI is InChI=1S/C19H25N3O2S/c1-5-17-21-15-7-6-8-16(18(15)25-17)22(4)19(23)13-9-14(11-20-10-13)24-12(2)3/h9-12,16H,5-8H2,1-4H3. The molecule has 0 bridgehead atoms. The first-order valence-corrected chi connectivity index (χ1v) is 9.68. The van der Waals surface area contributed by atoms with Crippen LogP contribution in [0.25, 0.3) is 0 Å². The van der Waals surface area contributed by atoms with Crippen LogP contribution >= 0.6 is 11.3 Å². The highest BCUT2D eigenvalue weighted by molar-refractivity contribution is 7.11. The second-order valence-electron chi connectivity index (χ2n) is 6.67. The number of pyridine rings is 1. The molecule has 0 saturated carbocycles. The molecule has 5 nitrogen and oxygen atoms in total. The Morgan fingerprint density at radius 2 is 2.24 bits per heavy atom. The number of fused-ring (bicyclic) bond motifs is 1. The van der Waals surface area contributed by atoms with Crippen molar-refractivity contribution in [2.45, 2.75) is 58.6 Å². The van der Waals surface area contributed by atoms with Crippen molar-refractivity contribution in [3.05, 3.63) is 39.6 Å². The highest BCUT2D eigenvalue weighted by atomic mass is 32.1. The lowest BCUT2D eigenvalue weighted by molar-refractivity contribution is 0.0716.